The van der Waals surface area contributed by atoms with Gasteiger partial charge in [-0.2, -0.15) is 0 Å². The van der Waals surface area contributed by atoms with Crippen molar-refractivity contribution < 1.29 is 15.0 Å². The van der Waals surface area contributed by atoms with Gasteiger partial charge in [-0.25, -0.2) is 0 Å². The SMILES string of the molecule is CCC(CO)NC(=O)C=Cc1cc(O)ccc1N. The molecule has 1 rings (SSSR count). The van der Waals surface area contributed by atoms with Gasteiger partial charge >= 0.3 is 0 Å². The molecule has 0 aromatic heterocycles. The average molecular weight is 250 g/mol. The summed E-state index contributed by atoms with van der Waals surface area (Å²) in [5, 5.41) is 20.9. The summed E-state index contributed by atoms with van der Waals surface area (Å²) in [6.45, 7) is 1.78. The predicted molar refractivity (Wildman–Crippen MR) is 70.9 cm³/mol. The summed E-state index contributed by atoms with van der Waals surface area (Å²) in [6.07, 6.45) is 3.50. The van der Waals surface area contributed by atoms with E-state index in [1.807, 2.05) is 6.92 Å². The molecule has 1 aromatic rings. The summed E-state index contributed by atoms with van der Waals surface area (Å²) < 4.78 is 0. The van der Waals surface area contributed by atoms with Crippen LogP contribution in [-0.4, -0.2) is 28.8 Å². The molecule has 1 amide bonds. The number of carbonyl (C=O) groups is 1. The third kappa shape index (κ3) is 4.10. The molecule has 1 aromatic carbocycles. The Morgan fingerprint density at radius 2 is 2.28 bits per heavy atom. The number of hydrogen-bond donors (Lipinski definition) is 4. The van der Waals surface area contributed by atoms with Crippen molar-refractivity contribution in [1.29, 1.82) is 0 Å². The second-order valence-corrected chi connectivity index (χ2v) is 3.94. The van der Waals surface area contributed by atoms with Gasteiger partial charge in [-0.15, -0.1) is 0 Å². The molecular formula is C13H18N2O3. The lowest BCUT2D eigenvalue weighted by Gasteiger charge is -2.11. The lowest BCUT2D eigenvalue weighted by molar-refractivity contribution is -0.117. The zero-order valence-electron chi connectivity index (χ0n) is 10.3. The first-order chi connectivity index (χ1) is 8.56. The predicted octanol–water partition coefficient (Wildman–Crippen LogP) is 0.875. The Kier molecular flexibility index (Phi) is 5.20. The Hall–Kier alpha value is -2.01. The topological polar surface area (TPSA) is 95.6 Å². The zero-order chi connectivity index (χ0) is 13.5. The van der Waals surface area contributed by atoms with Gasteiger partial charge < -0.3 is 21.3 Å². The molecule has 5 N–H and O–H groups in total. The highest BCUT2D eigenvalue weighted by molar-refractivity contribution is 5.92. The maximum atomic E-state index is 11.5. The minimum Gasteiger partial charge on any atom is -0.508 e. The van der Waals surface area contributed by atoms with Crippen LogP contribution in [0.2, 0.25) is 0 Å². The first-order valence-electron chi connectivity index (χ1n) is 5.74. The number of aromatic hydroxyl groups is 1. The summed E-state index contributed by atoms with van der Waals surface area (Å²) in [7, 11) is 0. The van der Waals surface area contributed by atoms with Crippen molar-refractivity contribution in [2.24, 2.45) is 0 Å². The van der Waals surface area contributed by atoms with Crippen LogP contribution in [0.25, 0.3) is 6.08 Å². The van der Waals surface area contributed by atoms with Crippen LogP contribution >= 0.6 is 0 Å². The molecule has 0 spiro atoms. The smallest absolute Gasteiger partial charge is 0.244 e. The van der Waals surface area contributed by atoms with E-state index in [0.29, 0.717) is 17.7 Å². The number of nitrogens with two attached hydrogens (primary N) is 1. The third-order valence-corrected chi connectivity index (χ3v) is 2.54. The highest BCUT2D eigenvalue weighted by atomic mass is 16.3. The van der Waals surface area contributed by atoms with E-state index >= 15 is 0 Å². The van der Waals surface area contributed by atoms with Crippen LogP contribution in [0.15, 0.2) is 24.3 Å². The van der Waals surface area contributed by atoms with Gasteiger partial charge in [0.05, 0.1) is 12.6 Å². The molecule has 98 valence electrons. The first-order valence-corrected chi connectivity index (χ1v) is 5.74. The molecule has 5 nitrogen and oxygen atoms in total. The number of phenols is 1. The Morgan fingerprint density at radius 1 is 1.56 bits per heavy atom. The number of aliphatic hydroxyl groups excluding tert-OH is 1. The second-order valence-electron chi connectivity index (χ2n) is 3.94. The Balaban J connectivity index is 2.68. The normalized spacial score (nSPS) is 12.6. The van der Waals surface area contributed by atoms with Crippen LogP contribution in [0, 0.1) is 0 Å². The molecule has 0 aliphatic carbocycles. The number of amides is 1. The molecule has 0 bridgehead atoms. The third-order valence-electron chi connectivity index (χ3n) is 2.54. The van der Waals surface area contributed by atoms with E-state index < -0.39 is 0 Å². The standard InChI is InChI=1S/C13H18N2O3/c1-2-10(8-16)15-13(18)6-3-9-7-11(17)4-5-12(9)14/h3-7,10,16-17H,2,8,14H2,1H3,(H,15,18). The number of carbonyl (C=O) groups excluding carboxylic acids is 1. The highest BCUT2D eigenvalue weighted by Crippen LogP contribution is 2.19. The number of benzene rings is 1. The maximum Gasteiger partial charge on any atom is 0.244 e. The van der Waals surface area contributed by atoms with Crippen molar-refractivity contribution in [1.82, 2.24) is 5.32 Å². The van der Waals surface area contributed by atoms with Crippen molar-refractivity contribution in [2.75, 3.05) is 12.3 Å². The summed E-state index contributed by atoms with van der Waals surface area (Å²) >= 11 is 0. The summed E-state index contributed by atoms with van der Waals surface area (Å²) in [4.78, 5) is 11.5. The van der Waals surface area contributed by atoms with E-state index in [1.165, 1.54) is 24.3 Å². The second kappa shape index (κ2) is 6.66. The van der Waals surface area contributed by atoms with Gasteiger partial charge in [0.25, 0.3) is 0 Å². The fourth-order valence-electron chi connectivity index (χ4n) is 1.40. The lowest BCUT2D eigenvalue weighted by Crippen LogP contribution is -2.35. The van der Waals surface area contributed by atoms with Crippen LogP contribution in [-0.2, 0) is 4.79 Å². The molecule has 0 saturated heterocycles. The number of nitrogen functional groups attached to an aromatic ring is 1. The molecule has 1 atom stereocenters. The van der Waals surface area contributed by atoms with E-state index in [2.05, 4.69) is 5.32 Å². The number of anilines is 1. The monoisotopic (exact) mass is 250 g/mol. The van der Waals surface area contributed by atoms with Crippen molar-refractivity contribution in [3.05, 3.63) is 29.8 Å². The van der Waals surface area contributed by atoms with Gasteiger partial charge in [0, 0.05) is 17.3 Å². The maximum absolute atomic E-state index is 11.5. The van der Waals surface area contributed by atoms with E-state index in [0.717, 1.165) is 0 Å². The minimum atomic E-state index is -0.307. The van der Waals surface area contributed by atoms with E-state index in [-0.39, 0.29) is 24.3 Å². The summed E-state index contributed by atoms with van der Waals surface area (Å²) in [6, 6.07) is 4.27. The van der Waals surface area contributed by atoms with Gasteiger partial charge in [-0.05, 0) is 30.7 Å². The molecular weight excluding hydrogens is 232 g/mol. The average Bonchev–Trinajstić information content (AvgIpc) is 2.37. The quantitative estimate of drug-likeness (QED) is 0.354. The molecule has 18 heavy (non-hydrogen) atoms. The van der Waals surface area contributed by atoms with Crippen molar-refractivity contribution in [3.8, 4) is 5.75 Å². The molecule has 0 fully saturated rings. The summed E-state index contributed by atoms with van der Waals surface area (Å²) in [5.74, 6) is -0.218. The first kappa shape index (κ1) is 14.1. The molecule has 5 heteroatoms. The van der Waals surface area contributed by atoms with Gasteiger partial charge in [-0.3, -0.25) is 4.79 Å². The van der Waals surface area contributed by atoms with Crippen molar-refractivity contribution in [3.63, 3.8) is 0 Å². The fourth-order valence-corrected chi connectivity index (χ4v) is 1.40. The minimum absolute atomic E-state index is 0.0889. The van der Waals surface area contributed by atoms with Gasteiger partial charge in [0.2, 0.25) is 5.91 Å². The Labute approximate surface area is 106 Å². The molecule has 1 unspecified atom stereocenters. The van der Waals surface area contributed by atoms with E-state index in [1.54, 1.807) is 6.07 Å². The van der Waals surface area contributed by atoms with Gasteiger partial charge in [-0.1, -0.05) is 6.92 Å². The zero-order valence-corrected chi connectivity index (χ0v) is 10.3. The Morgan fingerprint density at radius 3 is 2.89 bits per heavy atom. The molecule has 0 saturated carbocycles. The molecule has 0 aliphatic rings. The fraction of sp³-hybridized carbons (Fsp3) is 0.308. The molecule has 0 heterocycles. The lowest BCUT2D eigenvalue weighted by atomic mass is 10.1. The number of hydrogen-bond acceptors (Lipinski definition) is 4. The number of aliphatic hydroxyl groups is 1. The Bertz CT molecular complexity index is 440. The van der Waals surface area contributed by atoms with Crippen LogP contribution in [0.4, 0.5) is 5.69 Å². The van der Waals surface area contributed by atoms with Crippen LogP contribution < -0.4 is 11.1 Å². The van der Waals surface area contributed by atoms with Crippen molar-refractivity contribution in [2.45, 2.75) is 19.4 Å². The number of phenolic OH excluding ortho intramolecular Hbond substituents is 1. The van der Waals surface area contributed by atoms with E-state index in [9.17, 15) is 9.90 Å². The van der Waals surface area contributed by atoms with E-state index in [4.69, 9.17) is 10.8 Å². The molecule has 0 radical (unpaired) electrons. The van der Waals surface area contributed by atoms with Crippen LogP contribution in [0.3, 0.4) is 0 Å². The number of nitrogens with one attached hydrogen (secondary N) is 1. The van der Waals surface area contributed by atoms with Crippen LogP contribution in [0.5, 0.6) is 5.75 Å². The highest BCUT2D eigenvalue weighted by Gasteiger charge is 2.06. The van der Waals surface area contributed by atoms with Crippen LogP contribution in [0.1, 0.15) is 18.9 Å². The largest absolute Gasteiger partial charge is 0.508 e. The number of rotatable bonds is 5. The summed E-state index contributed by atoms with van der Waals surface area (Å²) in [5.41, 5.74) is 6.74. The van der Waals surface area contributed by atoms with Gasteiger partial charge in [0.15, 0.2) is 0 Å². The van der Waals surface area contributed by atoms with Gasteiger partial charge in [0.1, 0.15) is 5.75 Å². The van der Waals surface area contributed by atoms with Crippen molar-refractivity contribution >= 4 is 17.7 Å². The molecule has 0 aliphatic heterocycles.